The Labute approximate surface area is 145 Å². The van der Waals surface area contributed by atoms with E-state index < -0.39 is 0 Å². The molecule has 0 atom stereocenters. The van der Waals surface area contributed by atoms with E-state index in [1.165, 1.54) is 5.56 Å². The van der Waals surface area contributed by atoms with Crippen LogP contribution in [0.2, 0.25) is 5.02 Å². The standard InChI is InChI=1S/C16H17BrClNO.ClH/c1-20-16-7-4-14(17)10-13(16)11-19-9-8-12-2-5-15(18)6-3-12;/h2-7,10,19H,8-9,11H2,1H3;1H. The summed E-state index contributed by atoms with van der Waals surface area (Å²) in [6.07, 6.45) is 0.980. The molecule has 114 valence electrons. The van der Waals surface area contributed by atoms with Crippen LogP contribution in [-0.4, -0.2) is 13.7 Å². The van der Waals surface area contributed by atoms with Gasteiger partial charge in [-0.1, -0.05) is 39.7 Å². The zero-order valence-corrected chi connectivity index (χ0v) is 14.9. The van der Waals surface area contributed by atoms with E-state index in [2.05, 4.69) is 39.4 Å². The maximum atomic E-state index is 5.87. The van der Waals surface area contributed by atoms with Crippen LogP contribution in [0.15, 0.2) is 46.9 Å². The first-order chi connectivity index (χ1) is 9.69. The lowest BCUT2D eigenvalue weighted by Crippen LogP contribution is -2.17. The molecule has 0 amide bonds. The van der Waals surface area contributed by atoms with Gasteiger partial charge in [0.05, 0.1) is 7.11 Å². The third-order valence-corrected chi connectivity index (χ3v) is 3.81. The SMILES string of the molecule is COc1ccc(Br)cc1CNCCc1ccc(Cl)cc1.Cl. The Balaban J connectivity index is 0.00000220. The van der Waals surface area contributed by atoms with Crippen LogP contribution in [0.25, 0.3) is 0 Å². The molecule has 0 aliphatic carbocycles. The van der Waals surface area contributed by atoms with Crippen LogP contribution in [0.3, 0.4) is 0 Å². The average Bonchev–Trinajstić information content (AvgIpc) is 2.46. The molecular weight excluding hydrogens is 373 g/mol. The average molecular weight is 391 g/mol. The van der Waals surface area contributed by atoms with E-state index in [1.54, 1.807) is 7.11 Å². The minimum Gasteiger partial charge on any atom is -0.496 e. The lowest BCUT2D eigenvalue weighted by atomic mass is 10.1. The van der Waals surface area contributed by atoms with Crippen molar-refractivity contribution in [3.63, 3.8) is 0 Å². The molecule has 2 aromatic carbocycles. The van der Waals surface area contributed by atoms with Crippen molar-refractivity contribution in [2.45, 2.75) is 13.0 Å². The summed E-state index contributed by atoms with van der Waals surface area (Å²) in [4.78, 5) is 0. The molecule has 21 heavy (non-hydrogen) atoms. The van der Waals surface area contributed by atoms with Gasteiger partial charge in [0.25, 0.3) is 0 Å². The van der Waals surface area contributed by atoms with E-state index in [4.69, 9.17) is 16.3 Å². The molecule has 0 saturated heterocycles. The molecule has 0 fully saturated rings. The van der Waals surface area contributed by atoms with E-state index in [-0.39, 0.29) is 12.4 Å². The van der Waals surface area contributed by atoms with Gasteiger partial charge in [-0.2, -0.15) is 0 Å². The molecule has 2 rings (SSSR count). The summed E-state index contributed by atoms with van der Waals surface area (Å²) in [5.74, 6) is 0.909. The lowest BCUT2D eigenvalue weighted by molar-refractivity contribution is 0.407. The topological polar surface area (TPSA) is 21.3 Å². The first-order valence-corrected chi connectivity index (χ1v) is 7.63. The molecule has 0 aliphatic heterocycles. The third kappa shape index (κ3) is 5.87. The molecule has 2 aromatic rings. The van der Waals surface area contributed by atoms with E-state index in [0.717, 1.165) is 40.3 Å². The molecule has 2 nitrogen and oxygen atoms in total. The monoisotopic (exact) mass is 389 g/mol. The van der Waals surface area contributed by atoms with Gasteiger partial charge in [-0.25, -0.2) is 0 Å². The number of rotatable bonds is 6. The Bertz CT molecular complexity index is 561. The smallest absolute Gasteiger partial charge is 0.123 e. The van der Waals surface area contributed by atoms with E-state index in [0.29, 0.717) is 0 Å². The van der Waals surface area contributed by atoms with Crippen LogP contribution in [0.4, 0.5) is 0 Å². The Kier molecular flexibility index (Phi) is 8.12. The summed E-state index contributed by atoms with van der Waals surface area (Å²) < 4.78 is 6.42. The first-order valence-electron chi connectivity index (χ1n) is 6.46. The van der Waals surface area contributed by atoms with Crippen LogP contribution in [0.5, 0.6) is 5.75 Å². The molecule has 5 heteroatoms. The second-order valence-corrected chi connectivity index (χ2v) is 5.86. The van der Waals surface area contributed by atoms with Gasteiger partial charge >= 0.3 is 0 Å². The Hall–Kier alpha value is -0.740. The van der Waals surface area contributed by atoms with Crippen molar-refractivity contribution >= 4 is 39.9 Å². The van der Waals surface area contributed by atoms with E-state index >= 15 is 0 Å². The highest BCUT2D eigenvalue weighted by atomic mass is 79.9. The Morgan fingerprint density at radius 3 is 2.52 bits per heavy atom. The summed E-state index contributed by atoms with van der Waals surface area (Å²) in [6.45, 7) is 1.70. The molecule has 0 bridgehead atoms. The predicted molar refractivity (Wildman–Crippen MR) is 94.8 cm³/mol. The maximum absolute atomic E-state index is 5.87. The number of ether oxygens (including phenoxy) is 1. The second kappa shape index (κ2) is 9.31. The molecule has 0 spiro atoms. The van der Waals surface area contributed by atoms with Crippen molar-refractivity contribution in [3.8, 4) is 5.75 Å². The van der Waals surface area contributed by atoms with Crippen molar-refractivity contribution in [1.82, 2.24) is 5.32 Å². The largest absolute Gasteiger partial charge is 0.496 e. The zero-order valence-electron chi connectivity index (χ0n) is 11.7. The van der Waals surface area contributed by atoms with Crippen LogP contribution in [0.1, 0.15) is 11.1 Å². The van der Waals surface area contributed by atoms with Crippen molar-refractivity contribution in [1.29, 1.82) is 0 Å². The van der Waals surface area contributed by atoms with Gasteiger partial charge in [-0.3, -0.25) is 0 Å². The minimum absolute atomic E-state index is 0. The van der Waals surface area contributed by atoms with Gasteiger partial charge in [0.1, 0.15) is 5.75 Å². The highest BCUT2D eigenvalue weighted by molar-refractivity contribution is 9.10. The van der Waals surface area contributed by atoms with Crippen molar-refractivity contribution < 1.29 is 4.74 Å². The van der Waals surface area contributed by atoms with Crippen LogP contribution < -0.4 is 10.1 Å². The van der Waals surface area contributed by atoms with Crippen molar-refractivity contribution in [3.05, 3.63) is 63.1 Å². The van der Waals surface area contributed by atoms with Gasteiger partial charge in [-0.05, 0) is 48.9 Å². The molecule has 0 aromatic heterocycles. The summed E-state index contributed by atoms with van der Waals surface area (Å²) in [7, 11) is 1.69. The third-order valence-electron chi connectivity index (χ3n) is 3.06. The molecule has 1 N–H and O–H groups in total. The minimum atomic E-state index is 0. The Morgan fingerprint density at radius 2 is 1.86 bits per heavy atom. The molecular formula is C16H18BrCl2NO. The van der Waals surface area contributed by atoms with Gasteiger partial charge in [-0.15, -0.1) is 12.4 Å². The predicted octanol–water partition coefficient (Wildman–Crippen LogP) is 4.87. The van der Waals surface area contributed by atoms with Gasteiger partial charge in [0.2, 0.25) is 0 Å². The van der Waals surface area contributed by atoms with Crippen LogP contribution >= 0.6 is 39.9 Å². The lowest BCUT2D eigenvalue weighted by Gasteiger charge is -2.10. The summed E-state index contributed by atoms with van der Waals surface area (Å²) >= 11 is 9.35. The number of hydrogen-bond donors (Lipinski definition) is 1. The normalized spacial score (nSPS) is 10.0. The number of hydrogen-bond acceptors (Lipinski definition) is 2. The van der Waals surface area contributed by atoms with E-state index in [9.17, 15) is 0 Å². The fourth-order valence-electron chi connectivity index (χ4n) is 1.99. The van der Waals surface area contributed by atoms with Gasteiger partial charge in [0, 0.05) is 21.6 Å². The zero-order chi connectivity index (χ0) is 14.4. The molecule has 0 radical (unpaired) electrons. The first kappa shape index (κ1) is 18.3. The number of nitrogens with one attached hydrogen (secondary N) is 1. The highest BCUT2D eigenvalue weighted by Crippen LogP contribution is 2.22. The number of halogens is 3. The molecule has 0 aliphatic rings. The van der Waals surface area contributed by atoms with Gasteiger partial charge < -0.3 is 10.1 Å². The van der Waals surface area contributed by atoms with Crippen molar-refractivity contribution in [2.24, 2.45) is 0 Å². The fourth-order valence-corrected chi connectivity index (χ4v) is 2.53. The van der Waals surface area contributed by atoms with Crippen molar-refractivity contribution in [2.75, 3.05) is 13.7 Å². The Morgan fingerprint density at radius 1 is 1.14 bits per heavy atom. The molecule has 0 saturated carbocycles. The molecule has 0 heterocycles. The fraction of sp³-hybridized carbons (Fsp3) is 0.250. The highest BCUT2D eigenvalue weighted by Gasteiger charge is 2.03. The number of methoxy groups -OCH3 is 1. The van der Waals surface area contributed by atoms with Crippen LogP contribution in [-0.2, 0) is 13.0 Å². The van der Waals surface area contributed by atoms with Gasteiger partial charge in [0.15, 0.2) is 0 Å². The summed E-state index contributed by atoms with van der Waals surface area (Å²) in [6, 6.07) is 14.0. The number of benzene rings is 2. The van der Waals surface area contributed by atoms with Crippen LogP contribution in [0, 0.1) is 0 Å². The summed E-state index contributed by atoms with van der Waals surface area (Å²) in [5, 5.41) is 4.21. The summed E-state index contributed by atoms with van der Waals surface area (Å²) in [5.41, 5.74) is 2.43. The quantitative estimate of drug-likeness (QED) is 0.710. The van der Waals surface area contributed by atoms with E-state index in [1.807, 2.05) is 24.3 Å². The molecule has 0 unspecified atom stereocenters. The maximum Gasteiger partial charge on any atom is 0.123 e. The second-order valence-electron chi connectivity index (χ2n) is 4.51.